The maximum atomic E-state index is 14.2. The quantitative estimate of drug-likeness (QED) is 0.536. The predicted octanol–water partition coefficient (Wildman–Crippen LogP) is 4.78. The van der Waals surface area contributed by atoms with Gasteiger partial charge in [0.2, 0.25) is 0 Å². The SMILES string of the molecule is CC1c2cc3c(cc2C2(CCCC2)CN1C(=O)c1nn(C(C)C)c(=O)c2ccccc12)OCCO3. The average molecular weight is 474 g/mol. The molecule has 1 unspecified atom stereocenters. The molecule has 0 radical (unpaired) electrons. The molecule has 1 amide bonds. The summed E-state index contributed by atoms with van der Waals surface area (Å²) in [6, 6.07) is 11.2. The second-order valence-corrected chi connectivity index (χ2v) is 10.4. The Morgan fingerprint density at radius 2 is 1.71 bits per heavy atom. The predicted molar refractivity (Wildman–Crippen MR) is 133 cm³/mol. The highest BCUT2D eigenvalue weighted by atomic mass is 16.6. The third-order valence-corrected chi connectivity index (χ3v) is 8.02. The van der Waals surface area contributed by atoms with E-state index < -0.39 is 0 Å². The van der Waals surface area contributed by atoms with Gasteiger partial charge in [-0.2, -0.15) is 5.10 Å². The molecule has 1 fully saturated rings. The van der Waals surface area contributed by atoms with Crippen molar-refractivity contribution in [2.45, 2.75) is 64.0 Å². The van der Waals surface area contributed by atoms with Gasteiger partial charge >= 0.3 is 0 Å². The van der Waals surface area contributed by atoms with Crippen LogP contribution < -0.4 is 15.0 Å². The molecule has 1 aliphatic carbocycles. The molecule has 2 aliphatic heterocycles. The van der Waals surface area contributed by atoms with Crippen LogP contribution in [0, 0.1) is 0 Å². The summed E-state index contributed by atoms with van der Waals surface area (Å²) in [5, 5.41) is 5.76. The molecule has 3 heterocycles. The average Bonchev–Trinajstić information content (AvgIpc) is 3.34. The molecule has 7 heteroatoms. The molecule has 6 rings (SSSR count). The highest BCUT2D eigenvalue weighted by molar-refractivity contribution is 6.05. The van der Waals surface area contributed by atoms with E-state index in [4.69, 9.17) is 9.47 Å². The van der Waals surface area contributed by atoms with E-state index in [2.05, 4.69) is 24.2 Å². The van der Waals surface area contributed by atoms with E-state index in [-0.39, 0.29) is 29.0 Å². The molecule has 3 aliphatic rings. The molecule has 7 nitrogen and oxygen atoms in total. The van der Waals surface area contributed by atoms with Crippen molar-refractivity contribution in [3.8, 4) is 11.5 Å². The molecular weight excluding hydrogens is 442 g/mol. The summed E-state index contributed by atoms with van der Waals surface area (Å²) in [7, 11) is 0. The molecule has 1 saturated carbocycles. The molecule has 1 aromatic heterocycles. The number of rotatable bonds is 2. The molecule has 0 bridgehead atoms. The Labute approximate surface area is 204 Å². The number of ether oxygens (including phenoxy) is 2. The van der Waals surface area contributed by atoms with E-state index in [1.807, 2.05) is 36.9 Å². The molecule has 0 saturated heterocycles. The second kappa shape index (κ2) is 8.11. The Bertz CT molecular complexity index is 1390. The summed E-state index contributed by atoms with van der Waals surface area (Å²) in [5.41, 5.74) is 2.49. The number of benzene rings is 2. The minimum absolute atomic E-state index is 0.102. The number of hydrogen-bond donors (Lipinski definition) is 0. The molecule has 0 N–H and O–H groups in total. The minimum Gasteiger partial charge on any atom is -0.486 e. The zero-order valence-electron chi connectivity index (χ0n) is 20.5. The van der Waals surface area contributed by atoms with Gasteiger partial charge in [0.05, 0.1) is 17.5 Å². The smallest absolute Gasteiger partial charge is 0.275 e. The van der Waals surface area contributed by atoms with E-state index in [1.165, 1.54) is 10.2 Å². The van der Waals surface area contributed by atoms with Crippen molar-refractivity contribution in [2.75, 3.05) is 19.8 Å². The van der Waals surface area contributed by atoms with Crippen LogP contribution in [0.2, 0.25) is 0 Å². The van der Waals surface area contributed by atoms with Crippen LogP contribution in [0.1, 0.15) is 80.2 Å². The fraction of sp³-hybridized carbons (Fsp3) is 0.464. The topological polar surface area (TPSA) is 73.7 Å². The lowest BCUT2D eigenvalue weighted by atomic mass is 9.71. The third kappa shape index (κ3) is 3.35. The van der Waals surface area contributed by atoms with Gasteiger partial charge in [-0.1, -0.05) is 31.0 Å². The third-order valence-electron chi connectivity index (χ3n) is 8.02. The molecule has 2 aromatic carbocycles. The fourth-order valence-corrected chi connectivity index (χ4v) is 6.20. The first-order valence-corrected chi connectivity index (χ1v) is 12.7. The van der Waals surface area contributed by atoms with Gasteiger partial charge in [-0.3, -0.25) is 9.59 Å². The van der Waals surface area contributed by atoms with Gasteiger partial charge in [0.15, 0.2) is 17.2 Å². The van der Waals surface area contributed by atoms with Crippen LogP contribution in [0.3, 0.4) is 0 Å². The highest BCUT2D eigenvalue weighted by Crippen LogP contribution is 2.52. The van der Waals surface area contributed by atoms with Gasteiger partial charge in [0, 0.05) is 17.3 Å². The summed E-state index contributed by atoms with van der Waals surface area (Å²) in [6.07, 6.45) is 4.36. The number of carbonyl (C=O) groups is 1. The molecule has 3 aromatic rings. The lowest BCUT2D eigenvalue weighted by Crippen LogP contribution is -2.49. The van der Waals surface area contributed by atoms with Crippen molar-refractivity contribution in [1.29, 1.82) is 0 Å². The summed E-state index contributed by atoms with van der Waals surface area (Å²) < 4.78 is 13.3. The van der Waals surface area contributed by atoms with Gasteiger partial charge < -0.3 is 14.4 Å². The van der Waals surface area contributed by atoms with Crippen LogP contribution in [-0.2, 0) is 5.41 Å². The van der Waals surface area contributed by atoms with Crippen molar-refractivity contribution < 1.29 is 14.3 Å². The molecule has 1 atom stereocenters. The first kappa shape index (κ1) is 22.1. The molecule has 1 spiro atoms. The van der Waals surface area contributed by atoms with Crippen LogP contribution in [-0.4, -0.2) is 40.3 Å². The van der Waals surface area contributed by atoms with Crippen molar-refractivity contribution in [2.24, 2.45) is 0 Å². The summed E-state index contributed by atoms with van der Waals surface area (Å²) >= 11 is 0. The molecular formula is C28H31N3O4. The van der Waals surface area contributed by atoms with Gasteiger partial charge in [0.25, 0.3) is 11.5 Å². The Kier molecular flexibility index (Phi) is 5.13. The van der Waals surface area contributed by atoms with E-state index >= 15 is 0 Å². The molecule has 35 heavy (non-hydrogen) atoms. The Hall–Kier alpha value is -3.35. The van der Waals surface area contributed by atoms with Gasteiger partial charge in [-0.15, -0.1) is 0 Å². The standard InChI is InChI=1S/C28H31N3O4/c1-17(2)31-26(32)20-9-5-4-8-19(20)25(29-31)27(33)30-16-28(10-6-7-11-28)22-15-24-23(34-12-13-35-24)14-21(22)18(30)3/h4-5,8-9,14-15,17-18H,6-7,10-13,16H2,1-3H3. The lowest BCUT2D eigenvalue weighted by molar-refractivity contribution is 0.0586. The van der Waals surface area contributed by atoms with Gasteiger partial charge in [-0.05, 0) is 62.9 Å². The first-order chi connectivity index (χ1) is 16.9. The van der Waals surface area contributed by atoms with E-state index in [9.17, 15) is 9.59 Å². The summed E-state index contributed by atoms with van der Waals surface area (Å²) in [4.78, 5) is 29.2. The van der Waals surface area contributed by atoms with E-state index in [1.54, 1.807) is 6.07 Å². The van der Waals surface area contributed by atoms with Crippen LogP contribution in [0.4, 0.5) is 0 Å². The largest absolute Gasteiger partial charge is 0.486 e. The van der Waals surface area contributed by atoms with Crippen molar-refractivity contribution in [3.05, 3.63) is 63.6 Å². The number of amides is 1. The second-order valence-electron chi connectivity index (χ2n) is 10.4. The monoisotopic (exact) mass is 473 g/mol. The van der Waals surface area contributed by atoms with Gasteiger partial charge in [0.1, 0.15) is 13.2 Å². The summed E-state index contributed by atoms with van der Waals surface area (Å²) in [6.45, 7) is 7.63. The molecule has 182 valence electrons. The van der Waals surface area contributed by atoms with Crippen LogP contribution in [0.5, 0.6) is 11.5 Å². The van der Waals surface area contributed by atoms with E-state index in [0.717, 1.165) is 42.7 Å². The first-order valence-electron chi connectivity index (χ1n) is 12.7. The zero-order valence-corrected chi connectivity index (χ0v) is 20.5. The maximum absolute atomic E-state index is 14.2. The Morgan fingerprint density at radius 1 is 1.06 bits per heavy atom. The lowest BCUT2D eigenvalue weighted by Gasteiger charge is -2.46. The highest BCUT2D eigenvalue weighted by Gasteiger charge is 2.47. The number of fused-ring (bicyclic) bond motifs is 4. The number of aromatic nitrogens is 2. The minimum atomic E-state index is -0.166. The van der Waals surface area contributed by atoms with Gasteiger partial charge in [-0.25, -0.2) is 4.68 Å². The van der Waals surface area contributed by atoms with Crippen molar-refractivity contribution in [3.63, 3.8) is 0 Å². The Morgan fingerprint density at radius 3 is 2.40 bits per heavy atom. The Balaban J connectivity index is 1.50. The van der Waals surface area contributed by atoms with Crippen molar-refractivity contribution in [1.82, 2.24) is 14.7 Å². The van der Waals surface area contributed by atoms with Crippen LogP contribution in [0.25, 0.3) is 10.8 Å². The normalized spacial score (nSPS) is 20.5. The summed E-state index contributed by atoms with van der Waals surface area (Å²) in [5.74, 6) is 1.43. The number of carbonyl (C=O) groups excluding carboxylic acids is 1. The zero-order chi connectivity index (χ0) is 24.3. The van der Waals surface area contributed by atoms with E-state index in [0.29, 0.717) is 36.2 Å². The van der Waals surface area contributed by atoms with Crippen LogP contribution in [0.15, 0.2) is 41.2 Å². The fourth-order valence-electron chi connectivity index (χ4n) is 6.20. The number of nitrogens with zero attached hydrogens (tertiary/aromatic N) is 3. The van der Waals surface area contributed by atoms with Crippen LogP contribution >= 0.6 is 0 Å². The van der Waals surface area contributed by atoms with Crippen molar-refractivity contribution >= 4 is 16.7 Å². The maximum Gasteiger partial charge on any atom is 0.275 e. The number of hydrogen-bond acceptors (Lipinski definition) is 5.